The van der Waals surface area contributed by atoms with Gasteiger partial charge in [0.2, 0.25) is 0 Å². The van der Waals surface area contributed by atoms with Crippen LogP contribution in [-0.2, 0) is 0 Å². The maximum atomic E-state index is 5.53. The van der Waals surface area contributed by atoms with Crippen LogP contribution in [0.15, 0.2) is 36.4 Å². The summed E-state index contributed by atoms with van der Waals surface area (Å²) in [6.45, 7) is 4.03. The van der Waals surface area contributed by atoms with Gasteiger partial charge in [-0.05, 0) is 55.9 Å². The topological polar surface area (TPSA) is 68.8 Å². The molecule has 0 radical (unpaired) electrons. The van der Waals surface area contributed by atoms with Crippen LogP contribution in [0.3, 0.4) is 0 Å². The zero-order chi connectivity index (χ0) is 15.0. The van der Waals surface area contributed by atoms with Gasteiger partial charge in [-0.3, -0.25) is 0 Å². The van der Waals surface area contributed by atoms with Crippen LogP contribution in [0.1, 0.15) is 11.1 Å². The average molecular weight is 297 g/mol. The number of aryl methyl sites for hydroxylation is 2. The molecular formula is C15H15N5S. The van der Waals surface area contributed by atoms with Crippen molar-refractivity contribution in [3.63, 3.8) is 0 Å². The second-order valence-corrected chi connectivity index (χ2v) is 5.41. The summed E-state index contributed by atoms with van der Waals surface area (Å²) in [5.74, 6) is 0. The molecule has 0 saturated heterocycles. The van der Waals surface area contributed by atoms with E-state index in [1.165, 1.54) is 5.56 Å². The SMILES string of the molecule is Cc1ccc(-n2nc3cc(C)c(NC(N)=S)cc3n2)cc1. The molecule has 0 spiro atoms. The van der Waals surface area contributed by atoms with Gasteiger partial charge in [-0.25, -0.2) is 0 Å². The number of fused-ring (bicyclic) bond motifs is 1. The Bertz CT molecular complexity index is 820. The lowest BCUT2D eigenvalue weighted by Gasteiger charge is -2.06. The van der Waals surface area contributed by atoms with E-state index in [1.807, 2.05) is 50.2 Å². The predicted molar refractivity (Wildman–Crippen MR) is 88.7 cm³/mol. The Morgan fingerprint density at radius 1 is 1.10 bits per heavy atom. The first-order valence-electron chi connectivity index (χ1n) is 6.54. The summed E-state index contributed by atoms with van der Waals surface area (Å²) in [6, 6.07) is 11.9. The van der Waals surface area contributed by atoms with Crippen LogP contribution in [-0.4, -0.2) is 20.1 Å². The van der Waals surface area contributed by atoms with Gasteiger partial charge in [0.25, 0.3) is 0 Å². The third kappa shape index (κ3) is 2.71. The highest BCUT2D eigenvalue weighted by Crippen LogP contribution is 2.22. The van der Waals surface area contributed by atoms with E-state index in [9.17, 15) is 0 Å². The first-order valence-corrected chi connectivity index (χ1v) is 6.95. The lowest BCUT2D eigenvalue weighted by atomic mass is 10.2. The lowest BCUT2D eigenvalue weighted by molar-refractivity contribution is 0.765. The van der Waals surface area contributed by atoms with Crippen molar-refractivity contribution in [2.75, 3.05) is 5.32 Å². The molecule has 0 saturated carbocycles. The molecule has 3 aromatic rings. The van der Waals surface area contributed by atoms with Gasteiger partial charge >= 0.3 is 0 Å². The Morgan fingerprint density at radius 2 is 1.71 bits per heavy atom. The first kappa shape index (κ1) is 13.5. The van der Waals surface area contributed by atoms with E-state index in [-0.39, 0.29) is 5.11 Å². The molecule has 0 aliphatic heterocycles. The van der Waals surface area contributed by atoms with Crippen molar-refractivity contribution in [2.24, 2.45) is 5.73 Å². The van der Waals surface area contributed by atoms with Gasteiger partial charge in [-0.15, -0.1) is 10.2 Å². The Morgan fingerprint density at radius 3 is 2.33 bits per heavy atom. The van der Waals surface area contributed by atoms with Gasteiger partial charge < -0.3 is 11.1 Å². The molecule has 0 bridgehead atoms. The number of anilines is 1. The fourth-order valence-electron chi connectivity index (χ4n) is 2.13. The number of aromatic nitrogens is 3. The minimum Gasteiger partial charge on any atom is -0.376 e. The van der Waals surface area contributed by atoms with Gasteiger partial charge in [0.1, 0.15) is 11.0 Å². The van der Waals surface area contributed by atoms with Crippen LogP contribution in [0.25, 0.3) is 16.7 Å². The fraction of sp³-hybridized carbons (Fsp3) is 0.133. The highest BCUT2D eigenvalue weighted by Gasteiger charge is 2.08. The Kier molecular flexibility index (Phi) is 3.31. The Balaban J connectivity index is 2.07. The molecule has 1 heterocycles. The number of nitrogens with one attached hydrogen (secondary N) is 1. The standard InChI is InChI=1S/C15H15N5S/c1-9-3-5-11(6-4-9)20-18-13-7-10(2)12(17-15(16)21)8-14(13)19-20/h3-8H,1-2H3,(H3,16,17,21). The molecule has 5 nitrogen and oxygen atoms in total. The lowest BCUT2D eigenvalue weighted by Crippen LogP contribution is -2.19. The minimum atomic E-state index is 0.239. The summed E-state index contributed by atoms with van der Waals surface area (Å²) in [7, 11) is 0. The number of benzene rings is 2. The Labute approximate surface area is 127 Å². The van der Waals surface area contributed by atoms with E-state index in [2.05, 4.69) is 15.5 Å². The number of nitrogens with zero attached hydrogens (tertiary/aromatic N) is 3. The molecule has 3 N–H and O–H groups in total. The molecule has 0 aliphatic carbocycles. The third-order valence-electron chi connectivity index (χ3n) is 3.25. The summed E-state index contributed by atoms with van der Waals surface area (Å²) in [5, 5.41) is 12.2. The number of hydrogen-bond donors (Lipinski definition) is 2. The van der Waals surface area contributed by atoms with E-state index in [0.29, 0.717) is 0 Å². The number of thiocarbonyl (C=S) groups is 1. The zero-order valence-corrected chi connectivity index (χ0v) is 12.6. The van der Waals surface area contributed by atoms with E-state index in [1.54, 1.807) is 4.80 Å². The van der Waals surface area contributed by atoms with Gasteiger partial charge in [-0.2, -0.15) is 4.80 Å². The highest BCUT2D eigenvalue weighted by molar-refractivity contribution is 7.80. The average Bonchev–Trinajstić information content (AvgIpc) is 2.82. The second kappa shape index (κ2) is 5.14. The molecule has 0 aliphatic rings. The molecule has 3 rings (SSSR count). The minimum absolute atomic E-state index is 0.239. The highest BCUT2D eigenvalue weighted by atomic mass is 32.1. The third-order valence-corrected chi connectivity index (χ3v) is 3.35. The molecule has 2 aromatic carbocycles. The van der Waals surface area contributed by atoms with Crippen LogP contribution in [0.5, 0.6) is 0 Å². The number of rotatable bonds is 2. The van der Waals surface area contributed by atoms with Gasteiger partial charge in [0.15, 0.2) is 5.11 Å². The molecule has 0 fully saturated rings. The van der Waals surface area contributed by atoms with Crippen LogP contribution in [0, 0.1) is 13.8 Å². The predicted octanol–water partition coefficient (Wildman–Crippen LogP) is 2.69. The van der Waals surface area contributed by atoms with Crippen LogP contribution in [0.4, 0.5) is 5.69 Å². The molecule has 21 heavy (non-hydrogen) atoms. The molecule has 6 heteroatoms. The molecule has 106 valence electrons. The van der Waals surface area contributed by atoms with Crippen molar-refractivity contribution < 1.29 is 0 Å². The fourth-order valence-corrected chi connectivity index (χ4v) is 2.24. The van der Waals surface area contributed by atoms with Crippen molar-refractivity contribution in [1.82, 2.24) is 15.0 Å². The molecule has 0 unspecified atom stereocenters. The van der Waals surface area contributed by atoms with E-state index in [4.69, 9.17) is 18.0 Å². The summed E-state index contributed by atoms with van der Waals surface area (Å²) < 4.78 is 0. The molecule has 1 aromatic heterocycles. The van der Waals surface area contributed by atoms with E-state index >= 15 is 0 Å². The zero-order valence-electron chi connectivity index (χ0n) is 11.8. The normalized spacial score (nSPS) is 10.8. The summed E-state index contributed by atoms with van der Waals surface area (Å²) >= 11 is 4.88. The maximum Gasteiger partial charge on any atom is 0.168 e. The van der Waals surface area contributed by atoms with Crippen molar-refractivity contribution in [2.45, 2.75) is 13.8 Å². The van der Waals surface area contributed by atoms with Gasteiger partial charge in [0.05, 0.1) is 5.69 Å². The van der Waals surface area contributed by atoms with Crippen LogP contribution in [0.2, 0.25) is 0 Å². The van der Waals surface area contributed by atoms with Crippen molar-refractivity contribution in [3.8, 4) is 5.69 Å². The maximum absolute atomic E-state index is 5.53. The largest absolute Gasteiger partial charge is 0.376 e. The summed E-state index contributed by atoms with van der Waals surface area (Å²) in [4.78, 5) is 1.63. The number of nitrogens with two attached hydrogens (primary N) is 1. The smallest absolute Gasteiger partial charge is 0.168 e. The summed E-state index contributed by atoms with van der Waals surface area (Å²) in [6.07, 6.45) is 0. The molecule has 0 atom stereocenters. The summed E-state index contributed by atoms with van der Waals surface area (Å²) in [5.41, 5.74) is 11.2. The second-order valence-electron chi connectivity index (χ2n) is 4.97. The monoisotopic (exact) mass is 297 g/mol. The van der Waals surface area contributed by atoms with E-state index < -0.39 is 0 Å². The Hall–Kier alpha value is -2.47. The van der Waals surface area contributed by atoms with Gasteiger partial charge in [-0.1, -0.05) is 17.7 Å². The molecular weight excluding hydrogens is 282 g/mol. The van der Waals surface area contributed by atoms with Crippen LogP contribution < -0.4 is 11.1 Å². The van der Waals surface area contributed by atoms with Crippen molar-refractivity contribution in [3.05, 3.63) is 47.5 Å². The van der Waals surface area contributed by atoms with Crippen molar-refractivity contribution in [1.29, 1.82) is 0 Å². The van der Waals surface area contributed by atoms with Gasteiger partial charge in [0, 0.05) is 5.69 Å². The van der Waals surface area contributed by atoms with E-state index in [0.717, 1.165) is 28.0 Å². The molecule has 0 amide bonds. The van der Waals surface area contributed by atoms with Crippen molar-refractivity contribution >= 4 is 34.1 Å². The first-order chi connectivity index (χ1) is 10.0. The number of hydrogen-bond acceptors (Lipinski definition) is 3. The quantitative estimate of drug-likeness (QED) is 0.712. The van der Waals surface area contributed by atoms with Crippen LogP contribution >= 0.6 is 12.2 Å².